The summed E-state index contributed by atoms with van der Waals surface area (Å²) in [5.74, 6) is -40.5. The number of nitrogens with zero attached hydrogens (tertiary/aromatic N) is 6. The molecule has 0 aliphatic carbocycles. The molecule has 6 aromatic rings. The summed E-state index contributed by atoms with van der Waals surface area (Å²) in [6, 6.07) is -6.60. The third kappa shape index (κ3) is 27.2. The molecule has 6 saturated heterocycles. The number of piperidine rings is 6. The molecule has 798 valence electrons. The smallest absolute Gasteiger partial charge is 0.161 e. The molecule has 6 aromatic carbocycles. The van der Waals surface area contributed by atoms with Crippen molar-refractivity contribution in [2.75, 3.05) is 163 Å². The highest BCUT2D eigenvalue weighted by Crippen LogP contribution is 2.51. The second kappa shape index (κ2) is 53.5. The first kappa shape index (κ1) is 45.2. The molecule has 24 nitrogen and oxygen atoms in total. The van der Waals surface area contributed by atoms with Crippen molar-refractivity contribution < 1.29 is 205 Å². The quantitative estimate of drug-likeness (QED) is 0.0466. The van der Waals surface area contributed by atoms with Gasteiger partial charge in [0.2, 0.25) is 0 Å². The first-order chi connectivity index (χ1) is 101. The van der Waals surface area contributed by atoms with Crippen LogP contribution in [-0.4, -0.2) is 227 Å². The topological polar surface area (TPSA) is 233 Å². The van der Waals surface area contributed by atoms with Crippen LogP contribution < -0.4 is 56.8 Å². The molecule has 0 spiro atoms. The highest BCUT2D eigenvalue weighted by Gasteiger charge is 2.47. The summed E-state index contributed by atoms with van der Waals surface area (Å²) in [6.45, 7) is -32.5. The number of ketones is 6. The van der Waals surface area contributed by atoms with Gasteiger partial charge in [0.05, 0.1) is 118 Å². The highest BCUT2D eigenvalue weighted by molar-refractivity contribution is 5.86. The van der Waals surface area contributed by atoms with E-state index in [9.17, 15) is 32.9 Å². The van der Waals surface area contributed by atoms with E-state index in [1.54, 1.807) is 41.5 Å². The van der Waals surface area contributed by atoms with Gasteiger partial charge in [-0.25, -0.2) is 0 Å². The van der Waals surface area contributed by atoms with E-state index in [0.717, 1.165) is 102 Å². The van der Waals surface area contributed by atoms with Gasteiger partial charge in [0.1, 0.15) is 34.7 Å². The van der Waals surface area contributed by atoms with E-state index in [-0.39, 0.29) is 113 Å². The lowest BCUT2D eigenvalue weighted by molar-refractivity contribution is -0.130. The van der Waals surface area contributed by atoms with Crippen molar-refractivity contribution in [1.29, 1.82) is 0 Å². The van der Waals surface area contributed by atoms with Gasteiger partial charge in [-0.15, -0.1) is 0 Å². The van der Waals surface area contributed by atoms with Crippen molar-refractivity contribution in [2.24, 2.45) is 70.9 Å². The van der Waals surface area contributed by atoms with E-state index in [1.165, 1.54) is 7.11 Å². The number of Topliss-reactive ketones (excluding diaryl/α,β-unsaturated/α-hetero) is 6. The molecule has 0 amide bonds. The fourth-order valence-electron chi connectivity index (χ4n) is 15.9. The predicted molar refractivity (Wildman–Crippen MR) is 575 cm³/mol. The molecular weight excluding hydrogens is 1810 g/mol. The third-order valence-electron chi connectivity index (χ3n) is 22.8. The molecule has 18 rings (SSSR count). The molecule has 12 heterocycles. The summed E-state index contributed by atoms with van der Waals surface area (Å²) < 4.78 is 781. The van der Waals surface area contributed by atoms with Gasteiger partial charge in [-0.2, -0.15) is 0 Å². The molecule has 0 saturated carbocycles. The van der Waals surface area contributed by atoms with Crippen LogP contribution >= 0.6 is 0 Å². The number of benzene rings is 6. The third-order valence-corrected chi connectivity index (χ3v) is 22.8. The monoisotopic (exact) mass is 2080 g/mol. The van der Waals surface area contributed by atoms with Crippen LogP contribution in [0.25, 0.3) is 0 Å². The van der Waals surface area contributed by atoms with Crippen LogP contribution in [0.3, 0.4) is 0 Å². The van der Waals surface area contributed by atoms with Crippen LogP contribution in [-0.2, 0) is 67.0 Å². The average molecular weight is 2080 g/mol. The van der Waals surface area contributed by atoms with Crippen LogP contribution in [0, 0.1) is 70.9 Å². The minimum Gasteiger partial charge on any atom is -0.493 e. The summed E-state index contributed by atoms with van der Waals surface area (Å²) in [6.07, 6.45) is -53.4. The van der Waals surface area contributed by atoms with E-state index < -0.39 is 477 Å². The first-order valence-electron chi connectivity index (χ1n) is 87.1. The first-order valence-corrected chi connectivity index (χ1v) is 43.6. The summed E-state index contributed by atoms with van der Waals surface area (Å²) in [5.41, 5.74) is -6.56. The SMILES string of the molecule is C.C.C.[2H]C([2H])([2H])Oc1cc2c(cc1OC)C([2H])([2H])C([2H])([2H])N1C([2H])([2H])C([2H])(CC(C)C)C(=O)C([2H])([2H])C21[2H].[2H]C([2H])([2H])Oc1cc2c(cc1OC)C([2H])([2H])C([2H])([2H])N1C2([2H])CC(=O)C(C([2H])([2H])C([2H])(C([2H])([2H])[2H])C([2H])([2H])C)C1([2H])[2H].[2H]C([2H])([2H])Oc1cc2c(cc1OC)C([2H])([2H])C([2H])([2H])N1C2([2H])CC(=O)C(CC(C)C)C1([2H])[2H].[2H]C([2H])([2H])Oc1cc2c(cc1OC)C([2H])([2H])C([2H])([2H])N1CC(C([2H])([2H])C([2H])(C([2H])([2H])[2H])C([2H])([2H])C)C(=O)CC21[2H].[2H]C([2H])([2H])Oc1cc2c(cc1OC)C([2H])([2H])C([2H])([2H])N1CC([2H])(C([2H])([2H])C([2H])(C([2H])([2H])[2H])C([2H])([2H])C)C(=O)C([2H])([2H])C21[2H].[2H]C([2H])([2H])Oc1cc2c(cc1OC)C([2H])([2H])C([2H])([2H])N1CC([2H])(CC(C)C)C(=O)C([2H])([2H])C21[2H]. The van der Waals surface area contributed by atoms with E-state index in [1.807, 2.05) is 0 Å². The molecule has 0 aromatic heterocycles. The number of methoxy groups -OCH3 is 12. The van der Waals surface area contributed by atoms with E-state index in [2.05, 4.69) is 0 Å². The Labute approximate surface area is 986 Å². The van der Waals surface area contributed by atoms with E-state index in [0.29, 0.717) is 41.5 Å². The van der Waals surface area contributed by atoms with Crippen molar-refractivity contribution in [3.05, 3.63) is 140 Å². The van der Waals surface area contributed by atoms with Crippen LogP contribution in [0.5, 0.6) is 69.0 Å². The number of aryl methyl sites for hydroxylation is 6. The van der Waals surface area contributed by atoms with E-state index in [4.69, 9.17) is 172 Å². The second-order valence-corrected chi connectivity index (χ2v) is 33.4. The number of hydrogen-bond donors (Lipinski definition) is 0. The van der Waals surface area contributed by atoms with Gasteiger partial charge >= 0.3 is 0 Å². The zero-order valence-electron chi connectivity index (χ0n) is 166. The van der Waals surface area contributed by atoms with Crippen molar-refractivity contribution in [3.63, 3.8) is 0 Å². The Morgan fingerprint density at radius 2 is 0.556 bits per heavy atom. The Balaban J connectivity index is 0.000000272. The summed E-state index contributed by atoms with van der Waals surface area (Å²) in [7, 11) is -11.5. The molecule has 6 fully saturated rings. The Kier molecular flexibility index (Phi) is 16.8. The number of hydrogen-bond acceptors (Lipinski definition) is 24. The van der Waals surface area contributed by atoms with Gasteiger partial charge < -0.3 is 56.8 Å². The van der Waals surface area contributed by atoms with Crippen LogP contribution in [0.1, 0.15) is 423 Å². The lowest BCUT2D eigenvalue weighted by atomic mass is 9.79. The minimum absolute atomic E-state index is 0. The van der Waals surface area contributed by atoms with Gasteiger partial charge in [-0.3, -0.25) is 58.2 Å². The van der Waals surface area contributed by atoms with Crippen molar-refractivity contribution in [2.45, 2.75) is 275 Å². The van der Waals surface area contributed by atoms with Gasteiger partial charge in [-0.05, 0) is 252 Å². The Morgan fingerprint density at radius 3 is 0.882 bits per heavy atom. The molecular formula is C120H180N6O18. The molecule has 144 heavy (non-hydrogen) atoms. The zero-order chi connectivity index (χ0) is 178. The fourth-order valence-corrected chi connectivity index (χ4v) is 15.9. The summed E-state index contributed by atoms with van der Waals surface area (Å²) in [4.78, 5) is 82.4. The standard InChI is InChI=1S/3C20H29NO3.3C19H27NO3.3CH4/c3*1-5-13(2)8-15-12-21-7-6-14-9-19(23-3)20(24-4)10-16(14)17(21)11-18(15)22;3*1-12(2)7-14-11-20-6-5-13-8-18(22-3)19(23-4)9-15(13)16(20)10-17(14)21;;;/h3*9-10,13,15,17H,5-8,11-12H2,1-4H3;3*8-9,12,14,16H,5-7,10-11H2,1-4H3;3*1H4/i2D3,4D3,5D2,6D2,7D2,8D2,11D2,13D,15D,17D;2D3,4D3,5D2,6D2,7D2,8D2,12D2,13D,17D;2D3,4D3,5D2,6D2,7D2,8D2,13D,17D;4D3,5D2,6D2,10D2,11D2,14D,16D;4D3,5D2,6D2,10D2,14D,16D;4D3,5D2,6D2,11D2,16D;;;. The molecule has 15 unspecified atom stereocenters. The maximum absolute atomic E-state index is 13.9. The highest BCUT2D eigenvalue weighted by atomic mass is 16.5. The lowest BCUT2D eigenvalue weighted by Gasteiger charge is -2.43. The normalized spacial score (nSPS) is 46.0. The van der Waals surface area contributed by atoms with Gasteiger partial charge in [0.25, 0.3) is 0 Å². The summed E-state index contributed by atoms with van der Waals surface area (Å²) >= 11 is 0. The Hall–Kier alpha value is -9.30. The summed E-state index contributed by atoms with van der Waals surface area (Å²) in [5, 5.41) is 0. The molecule has 0 radical (unpaired) electrons. The average Bonchev–Trinajstić information content (AvgIpc) is 0.646. The lowest BCUT2D eigenvalue weighted by Crippen LogP contribution is -2.46. The number of rotatable bonds is 27. The van der Waals surface area contributed by atoms with Gasteiger partial charge in [0, 0.05) is 274 Å². The van der Waals surface area contributed by atoms with Crippen LogP contribution in [0.4, 0.5) is 0 Å². The van der Waals surface area contributed by atoms with Crippen LogP contribution in [0.15, 0.2) is 72.8 Å². The maximum atomic E-state index is 13.9. The molecule has 15 atom stereocenters. The molecule has 0 bridgehead atoms. The van der Waals surface area contributed by atoms with E-state index >= 15 is 0 Å². The van der Waals surface area contributed by atoms with Gasteiger partial charge in [-0.1, -0.05) is 124 Å². The molecule has 0 N–H and O–H groups in total. The number of ether oxygens (including phenoxy) is 12. The van der Waals surface area contributed by atoms with Crippen molar-refractivity contribution in [1.82, 2.24) is 29.4 Å². The molecule has 24 heteroatoms. The number of carbonyl (C=O) groups is 6. The molecule has 12 aliphatic heterocycles. The van der Waals surface area contributed by atoms with Crippen molar-refractivity contribution >= 4 is 34.7 Å². The van der Waals surface area contributed by atoms with Crippen LogP contribution in [0.2, 0.25) is 0 Å². The minimum atomic E-state index is -4.13. The number of carbonyl (C=O) groups excluding carboxylic acids is 6. The predicted octanol–water partition coefficient (Wildman–Crippen LogP) is 22.5. The second-order valence-electron chi connectivity index (χ2n) is 33.4. The van der Waals surface area contributed by atoms with Crippen molar-refractivity contribution in [3.8, 4) is 69.0 Å². The molecule has 12 aliphatic rings. The largest absolute Gasteiger partial charge is 0.493 e. The van der Waals surface area contributed by atoms with Gasteiger partial charge in [0.15, 0.2) is 69.0 Å². The number of fused-ring (bicyclic) bond motifs is 18. The Morgan fingerprint density at radius 1 is 0.306 bits per heavy atom. The Bertz CT molecular complexity index is 9520. The maximum Gasteiger partial charge on any atom is 0.161 e. The fraction of sp³-hybridized carbons (Fsp3) is 0.650. The zero-order valence-corrected chi connectivity index (χ0v) is 79.3.